The third kappa shape index (κ3) is 3.15. The summed E-state index contributed by atoms with van der Waals surface area (Å²) in [6, 6.07) is 2.12. The van der Waals surface area contributed by atoms with Crippen molar-refractivity contribution in [3.8, 4) is 0 Å². The lowest BCUT2D eigenvalue weighted by atomic mass is 9.82. The molecule has 1 aromatic rings. The number of benzene rings is 1. The van der Waals surface area contributed by atoms with Crippen molar-refractivity contribution in [2.45, 2.75) is 26.2 Å². The van der Waals surface area contributed by atoms with Crippen molar-refractivity contribution in [3.63, 3.8) is 0 Å². The Morgan fingerprint density at radius 2 is 1.87 bits per heavy atom. The quantitative estimate of drug-likeness (QED) is 0.760. The topological polar surface area (TPSA) is 21.3 Å². The van der Waals surface area contributed by atoms with E-state index in [4.69, 9.17) is 4.74 Å². The molecule has 0 aliphatic heterocycles. The normalized spacial score (nSPS) is 20.5. The zero-order valence-corrected chi connectivity index (χ0v) is 13.5. The van der Waals surface area contributed by atoms with E-state index in [0.29, 0.717) is 19.1 Å². The molecule has 2 nitrogen and oxygen atoms in total. The molecule has 0 bridgehead atoms. The summed E-state index contributed by atoms with van der Waals surface area (Å²) in [6.45, 7) is 6.48. The van der Waals surface area contributed by atoms with Gasteiger partial charge in [0.1, 0.15) is 0 Å². The van der Waals surface area contributed by atoms with Crippen LogP contribution in [0.3, 0.4) is 0 Å². The lowest BCUT2D eigenvalue weighted by Gasteiger charge is -2.30. The summed E-state index contributed by atoms with van der Waals surface area (Å²) in [5, 5.41) is 3.07. The van der Waals surface area contributed by atoms with Gasteiger partial charge in [-0.25, -0.2) is 17.6 Å². The average molecular weight is 331 g/mol. The molecule has 0 fully saturated rings. The second kappa shape index (κ2) is 7.01. The second-order valence-electron chi connectivity index (χ2n) is 6.16. The van der Waals surface area contributed by atoms with E-state index in [0.717, 1.165) is 6.07 Å². The molecule has 128 valence electrons. The van der Waals surface area contributed by atoms with Crippen LogP contribution in [-0.2, 0) is 10.2 Å². The number of ether oxygens (including phenoxy) is 1. The predicted octanol–water partition coefficient (Wildman–Crippen LogP) is 4.11. The van der Waals surface area contributed by atoms with Gasteiger partial charge in [-0.2, -0.15) is 0 Å². The summed E-state index contributed by atoms with van der Waals surface area (Å²) < 4.78 is 61.7. The molecule has 1 atom stereocenters. The lowest BCUT2D eigenvalue weighted by Crippen LogP contribution is -2.43. The van der Waals surface area contributed by atoms with Crippen molar-refractivity contribution in [1.82, 2.24) is 5.32 Å². The molecule has 1 N–H and O–H groups in total. The number of hydrogen-bond donors (Lipinski definition) is 1. The highest BCUT2D eigenvalue weighted by molar-refractivity contribution is 5.75. The zero-order valence-electron chi connectivity index (χ0n) is 13.5. The van der Waals surface area contributed by atoms with Gasteiger partial charge < -0.3 is 10.1 Å². The van der Waals surface area contributed by atoms with Crippen LogP contribution in [0, 0.1) is 17.6 Å². The van der Waals surface area contributed by atoms with Crippen LogP contribution < -0.4 is 5.32 Å². The van der Waals surface area contributed by atoms with Crippen LogP contribution in [-0.4, -0.2) is 26.3 Å². The van der Waals surface area contributed by atoms with Crippen molar-refractivity contribution in [2.24, 2.45) is 5.92 Å². The van der Waals surface area contributed by atoms with E-state index in [2.05, 4.69) is 5.32 Å². The number of fused-ring (bicyclic) bond motifs is 1. The molecule has 1 aliphatic carbocycles. The smallest absolute Gasteiger partial charge is 0.169 e. The molecule has 0 radical (unpaired) electrons. The Balaban J connectivity index is 2.48. The van der Waals surface area contributed by atoms with E-state index in [9.17, 15) is 17.6 Å². The van der Waals surface area contributed by atoms with E-state index >= 15 is 0 Å². The molecule has 0 amide bonds. The van der Waals surface area contributed by atoms with Gasteiger partial charge in [0.25, 0.3) is 0 Å². The number of hydrogen-bond acceptors (Lipinski definition) is 2. The Labute approximate surface area is 133 Å². The molecule has 0 heterocycles. The first kappa shape index (κ1) is 17.9. The van der Waals surface area contributed by atoms with E-state index in [1.54, 1.807) is 6.92 Å². The van der Waals surface area contributed by atoms with Gasteiger partial charge in [0.2, 0.25) is 0 Å². The number of halogens is 4. The maximum atomic E-state index is 14.7. The summed E-state index contributed by atoms with van der Waals surface area (Å²) in [7, 11) is 0. The van der Waals surface area contributed by atoms with Crippen molar-refractivity contribution < 1.29 is 22.3 Å². The van der Waals surface area contributed by atoms with Gasteiger partial charge in [-0.15, -0.1) is 0 Å². The predicted molar refractivity (Wildman–Crippen MR) is 81.4 cm³/mol. The van der Waals surface area contributed by atoms with Crippen LogP contribution in [0.4, 0.5) is 17.6 Å². The molecule has 0 aromatic heterocycles. The monoisotopic (exact) mass is 331 g/mol. The molecule has 23 heavy (non-hydrogen) atoms. The Morgan fingerprint density at radius 3 is 2.48 bits per heavy atom. The molecule has 2 rings (SSSR count). The zero-order chi connectivity index (χ0) is 17.2. The molecule has 6 heteroatoms. The van der Waals surface area contributed by atoms with Gasteiger partial charge in [0.15, 0.2) is 23.3 Å². The molecule has 1 unspecified atom stereocenters. The van der Waals surface area contributed by atoms with Crippen molar-refractivity contribution in [1.29, 1.82) is 0 Å². The lowest BCUT2D eigenvalue weighted by molar-refractivity contribution is 0.0963. The molecule has 0 saturated heterocycles. The molecule has 0 saturated carbocycles. The fourth-order valence-corrected chi connectivity index (χ4v) is 2.82. The summed E-state index contributed by atoms with van der Waals surface area (Å²) in [4.78, 5) is 0. The summed E-state index contributed by atoms with van der Waals surface area (Å²) in [6.07, 6.45) is 0. The van der Waals surface area contributed by atoms with Crippen molar-refractivity contribution in [2.75, 3.05) is 26.3 Å². The minimum atomic E-state index is -1.47. The van der Waals surface area contributed by atoms with Gasteiger partial charge >= 0.3 is 0 Å². The molecule has 0 spiro atoms. The number of nitrogens with one attached hydrogen (secondary N) is 1. The van der Waals surface area contributed by atoms with Crippen LogP contribution in [0.2, 0.25) is 0 Å². The standard InChI is InChI=1S/C17H21F4NO/c1-4-23-9-17(8-22-7-10(2)3)11-5-6-12(18)14(19)13(11)15(20)16(17)21/h5-6,10,22H,4,7-9H2,1-3H3. The third-order valence-electron chi connectivity index (χ3n) is 3.97. The summed E-state index contributed by atoms with van der Waals surface area (Å²) >= 11 is 0. The van der Waals surface area contributed by atoms with E-state index in [1.807, 2.05) is 13.8 Å². The fraction of sp³-hybridized carbons (Fsp3) is 0.529. The first-order valence-electron chi connectivity index (χ1n) is 7.68. The van der Waals surface area contributed by atoms with Gasteiger partial charge in [-0.3, -0.25) is 0 Å². The minimum absolute atomic E-state index is 0.0442. The van der Waals surface area contributed by atoms with Crippen LogP contribution >= 0.6 is 0 Å². The maximum Gasteiger partial charge on any atom is 0.169 e. The largest absolute Gasteiger partial charge is 0.380 e. The maximum absolute atomic E-state index is 14.7. The highest BCUT2D eigenvalue weighted by Crippen LogP contribution is 2.49. The summed E-state index contributed by atoms with van der Waals surface area (Å²) in [5.41, 5.74) is -2.02. The fourth-order valence-electron chi connectivity index (χ4n) is 2.82. The van der Waals surface area contributed by atoms with Crippen molar-refractivity contribution in [3.05, 3.63) is 40.7 Å². The van der Waals surface area contributed by atoms with E-state index in [-0.39, 0.29) is 18.7 Å². The van der Waals surface area contributed by atoms with E-state index in [1.165, 1.54) is 6.07 Å². The first-order valence-corrected chi connectivity index (χ1v) is 7.68. The van der Waals surface area contributed by atoms with E-state index < -0.39 is 34.3 Å². The van der Waals surface area contributed by atoms with Crippen molar-refractivity contribution >= 4 is 5.83 Å². The van der Waals surface area contributed by atoms with Crippen LogP contribution in [0.15, 0.2) is 18.0 Å². The Kier molecular flexibility index (Phi) is 5.47. The molecular formula is C17H21F4NO. The SMILES string of the molecule is CCOCC1(CNCC(C)C)C(F)=C(F)c2c1ccc(F)c2F. The van der Waals surface area contributed by atoms with Gasteiger partial charge in [0, 0.05) is 13.2 Å². The van der Waals surface area contributed by atoms with Crippen LogP contribution in [0.1, 0.15) is 31.9 Å². The Hall–Kier alpha value is -1.40. The highest BCUT2D eigenvalue weighted by atomic mass is 19.2. The summed E-state index contributed by atoms with van der Waals surface area (Å²) in [5.74, 6) is -4.71. The Morgan fingerprint density at radius 1 is 1.17 bits per heavy atom. The van der Waals surface area contributed by atoms with Gasteiger partial charge in [-0.05, 0) is 31.0 Å². The highest BCUT2D eigenvalue weighted by Gasteiger charge is 2.48. The average Bonchev–Trinajstić information content (AvgIpc) is 2.71. The molecular weight excluding hydrogens is 310 g/mol. The van der Waals surface area contributed by atoms with Gasteiger partial charge in [0.05, 0.1) is 17.6 Å². The molecule has 1 aromatic carbocycles. The first-order chi connectivity index (χ1) is 10.8. The Bertz CT molecular complexity index is 615. The van der Waals surface area contributed by atoms with Crippen LogP contribution in [0.5, 0.6) is 0 Å². The van der Waals surface area contributed by atoms with Gasteiger partial charge in [-0.1, -0.05) is 19.9 Å². The second-order valence-corrected chi connectivity index (χ2v) is 6.16. The third-order valence-corrected chi connectivity index (χ3v) is 3.97. The van der Waals surface area contributed by atoms with Crippen LogP contribution in [0.25, 0.3) is 5.83 Å². The minimum Gasteiger partial charge on any atom is -0.380 e. The number of rotatable bonds is 7. The molecule has 1 aliphatic rings.